The largest absolute Gasteiger partial charge is 0.331 e. The van der Waals surface area contributed by atoms with Gasteiger partial charge < -0.3 is 4.90 Å². The zero-order valence-electron chi connectivity index (χ0n) is 13.4. The quantitative estimate of drug-likeness (QED) is 0.905. The number of likely N-dealkylation sites (tertiary alicyclic amines) is 1. The molecule has 6 nitrogen and oxygen atoms in total. The van der Waals surface area contributed by atoms with E-state index in [0.717, 1.165) is 43.0 Å². The van der Waals surface area contributed by atoms with E-state index in [2.05, 4.69) is 4.98 Å². The van der Waals surface area contributed by atoms with Crippen LogP contribution in [0.15, 0.2) is 47.6 Å². The Labute approximate surface area is 145 Å². The van der Waals surface area contributed by atoms with Crippen molar-refractivity contribution < 1.29 is 17.6 Å². The first-order chi connectivity index (χ1) is 11.9. The van der Waals surface area contributed by atoms with Crippen LogP contribution in [-0.2, 0) is 10.0 Å². The number of nitrogens with two attached hydrogens (primary N) is 1. The molecule has 0 bridgehead atoms. The van der Waals surface area contributed by atoms with Crippen LogP contribution in [0.3, 0.4) is 0 Å². The zero-order chi connectivity index (χ0) is 18.0. The van der Waals surface area contributed by atoms with Crippen LogP contribution >= 0.6 is 0 Å². The highest BCUT2D eigenvalue weighted by Gasteiger charge is 2.30. The van der Waals surface area contributed by atoms with Crippen LogP contribution in [0.25, 0.3) is 0 Å². The molecule has 2 heterocycles. The SMILES string of the molecule is NS(=O)(=O)c1ccc(F)c(C(=O)N2CCCCC2c2cccnc2)c1. The molecule has 1 aromatic carbocycles. The van der Waals surface area contributed by atoms with Gasteiger partial charge in [-0.05, 0) is 49.1 Å². The predicted octanol–water partition coefficient (Wildman–Crippen LogP) is 2.24. The second kappa shape index (κ2) is 6.89. The summed E-state index contributed by atoms with van der Waals surface area (Å²) in [4.78, 5) is 18.3. The van der Waals surface area contributed by atoms with Crippen molar-refractivity contribution in [2.24, 2.45) is 5.14 Å². The summed E-state index contributed by atoms with van der Waals surface area (Å²) in [5, 5.41) is 5.09. The minimum absolute atomic E-state index is 0.215. The standard InChI is InChI=1S/C17H18FN3O3S/c18-15-7-6-13(25(19,23)24)10-14(15)17(22)21-9-2-1-5-16(21)12-4-3-8-20-11-12/h3-4,6-8,10-11,16H,1-2,5,9H2,(H2,19,23,24). The molecule has 25 heavy (non-hydrogen) atoms. The third-order valence-electron chi connectivity index (χ3n) is 4.33. The Morgan fingerprint density at radius 2 is 2.08 bits per heavy atom. The molecule has 1 aliphatic rings. The van der Waals surface area contributed by atoms with E-state index in [1.54, 1.807) is 23.4 Å². The number of pyridine rings is 1. The third kappa shape index (κ3) is 3.69. The van der Waals surface area contributed by atoms with Gasteiger partial charge in [0, 0.05) is 18.9 Å². The lowest BCUT2D eigenvalue weighted by atomic mass is 9.95. The smallest absolute Gasteiger partial charge is 0.257 e. The normalized spacial score (nSPS) is 18.2. The number of aromatic nitrogens is 1. The summed E-state index contributed by atoms with van der Waals surface area (Å²) in [5.41, 5.74) is 0.584. The van der Waals surface area contributed by atoms with E-state index in [4.69, 9.17) is 5.14 Å². The lowest BCUT2D eigenvalue weighted by molar-refractivity contribution is 0.0606. The third-order valence-corrected chi connectivity index (χ3v) is 5.24. The topological polar surface area (TPSA) is 93.4 Å². The molecular weight excluding hydrogens is 345 g/mol. The lowest BCUT2D eigenvalue weighted by Crippen LogP contribution is -2.39. The summed E-state index contributed by atoms with van der Waals surface area (Å²) in [7, 11) is -4.02. The number of carbonyl (C=O) groups excluding carboxylic acids is 1. The number of carbonyl (C=O) groups is 1. The molecule has 1 aromatic heterocycles. The molecule has 0 saturated carbocycles. The minimum atomic E-state index is -4.02. The van der Waals surface area contributed by atoms with Crippen molar-refractivity contribution in [2.75, 3.05) is 6.54 Å². The molecule has 1 aliphatic heterocycles. The molecule has 132 valence electrons. The van der Waals surface area contributed by atoms with E-state index in [-0.39, 0.29) is 16.5 Å². The molecule has 0 aliphatic carbocycles. The average molecular weight is 363 g/mol. The van der Waals surface area contributed by atoms with E-state index in [1.807, 2.05) is 6.07 Å². The van der Waals surface area contributed by atoms with Gasteiger partial charge in [0.2, 0.25) is 10.0 Å². The van der Waals surface area contributed by atoms with Gasteiger partial charge in [0.05, 0.1) is 16.5 Å². The molecule has 2 aromatic rings. The van der Waals surface area contributed by atoms with Crippen molar-refractivity contribution in [3.05, 3.63) is 59.7 Å². The Balaban J connectivity index is 1.98. The summed E-state index contributed by atoms with van der Waals surface area (Å²) in [6, 6.07) is 6.45. The lowest BCUT2D eigenvalue weighted by Gasteiger charge is -2.36. The summed E-state index contributed by atoms with van der Waals surface area (Å²) >= 11 is 0. The highest BCUT2D eigenvalue weighted by atomic mass is 32.2. The maximum atomic E-state index is 14.2. The Hall–Kier alpha value is -2.32. The number of halogens is 1. The molecule has 3 rings (SSSR count). The van der Waals surface area contributed by atoms with Crippen molar-refractivity contribution in [1.29, 1.82) is 0 Å². The van der Waals surface area contributed by atoms with Gasteiger partial charge in [0.25, 0.3) is 5.91 Å². The summed E-state index contributed by atoms with van der Waals surface area (Å²) in [6.07, 6.45) is 5.83. The van der Waals surface area contributed by atoms with Gasteiger partial charge in [0.1, 0.15) is 5.82 Å². The van der Waals surface area contributed by atoms with Gasteiger partial charge in [-0.3, -0.25) is 9.78 Å². The van der Waals surface area contributed by atoms with E-state index in [1.165, 1.54) is 0 Å². The number of sulfonamides is 1. The van der Waals surface area contributed by atoms with Gasteiger partial charge in [-0.25, -0.2) is 17.9 Å². The van der Waals surface area contributed by atoms with Crippen LogP contribution in [0.5, 0.6) is 0 Å². The van der Waals surface area contributed by atoms with Gasteiger partial charge in [-0.1, -0.05) is 6.07 Å². The van der Waals surface area contributed by atoms with Crippen LogP contribution < -0.4 is 5.14 Å². The number of hydrogen-bond acceptors (Lipinski definition) is 4. The molecule has 8 heteroatoms. The number of rotatable bonds is 3. The average Bonchev–Trinajstić information content (AvgIpc) is 2.61. The molecular formula is C17H18FN3O3S. The monoisotopic (exact) mass is 363 g/mol. The molecule has 0 radical (unpaired) electrons. The van der Waals surface area contributed by atoms with E-state index < -0.39 is 21.7 Å². The Morgan fingerprint density at radius 3 is 2.76 bits per heavy atom. The number of primary sulfonamides is 1. The van der Waals surface area contributed by atoms with Gasteiger partial charge in [0.15, 0.2) is 0 Å². The molecule has 1 amide bonds. The molecule has 2 N–H and O–H groups in total. The van der Waals surface area contributed by atoms with Gasteiger partial charge in [-0.2, -0.15) is 0 Å². The van der Waals surface area contributed by atoms with Crippen molar-refractivity contribution >= 4 is 15.9 Å². The fourth-order valence-electron chi connectivity index (χ4n) is 3.09. The summed E-state index contributed by atoms with van der Waals surface area (Å²) in [6.45, 7) is 0.470. The van der Waals surface area contributed by atoms with Crippen molar-refractivity contribution in [2.45, 2.75) is 30.2 Å². The number of hydrogen-bond donors (Lipinski definition) is 1. The van der Waals surface area contributed by atoms with Gasteiger partial charge in [-0.15, -0.1) is 0 Å². The van der Waals surface area contributed by atoms with Crippen LogP contribution in [0.2, 0.25) is 0 Å². The second-order valence-electron chi connectivity index (χ2n) is 5.98. The second-order valence-corrected chi connectivity index (χ2v) is 7.54. The fraction of sp³-hybridized carbons (Fsp3) is 0.294. The van der Waals surface area contributed by atoms with Crippen molar-refractivity contribution in [3.8, 4) is 0 Å². The first-order valence-electron chi connectivity index (χ1n) is 7.91. The predicted molar refractivity (Wildman–Crippen MR) is 89.6 cm³/mol. The number of piperidine rings is 1. The Kier molecular flexibility index (Phi) is 4.82. The van der Waals surface area contributed by atoms with Crippen LogP contribution in [0.1, 0.15) is 41.2 Å². The van der Waals surface area contributed by atoms with Gasteiger partial charge >= 0.3 is 0 Å². The summed E-state index contributed by atoms with van der Waals surface area (Å²) in [5.74, 6) is -1.32. The van der Waals surface area contributed by atoms with Crippen molar-refractivity contribution in [3.63, 3.8) is 0 Å². The number of amides is 1. The fourth-order valence-corrected chi connectivity index (χ4v) is 3.63. The molecule has 0 spiro atoms. The number of benzene rings is 1. The van der Waals surface area contributed by atoms with E-state index >= 15 is 0 Å². The maximum Gasteiger partial charge on any atom is 0.257 e. The first-order valence-corrected chi connectivity index (χ1v) is 9.46. The minimum Gasteiger partial charge on any atom is -0.331 e. The van der Waals surface area contributed by atoms with Crippen molar-refractivity contribution in [1.82, 2.24) is 9.88 Å². The van der Waals surface area contributed by atoms with E-state index in [9.17, 15) is 17.6 Å². The van der Waals surface area contributed by atoms with Crippen LogP contribution in [0, 0.1) is 5.82 Å². The zero-order valence-corrected chi connectivity index (χ0v) is 14.2. The first kappa shape index (κ1) is 17.5. The highest BCUT2D eigenvalue weighted by molar-refractivity contribution is 7.89. The Morgan fingerprint density at radius 1 is 1.28 bits per heavy atom. The molecule has 1 saturated heterocycles. The number of nitrogens with zero attached hydrogens (tertiary/aromatic N) is 2. The molecule has 1 unspecified atom stereocenters. The highest BCUT2D eigenvalue weighted by Crippen LogP contribution is 2.32. The molecule has 1 atom stereocenters. The van der Waals surface area contributed by atoms with Crippen LogP contribution in [0.4, 0.5) is 4.39 Å². The van der Waals surface area contributed by atoms with Crippen LogP contribution in [-0.4, -0.2) is 30.8 Å². The summed E-state index contributed by atoms with van der Waals surface area (Å²) < 4.78 is 37.2. The Bertz CT molecular complexity index is 887. The molecule has 1 fully saturated rings. The van der Waals surface area contributed by atoms with E-state index in [0.29, 0.717) is 6.54 Å². The maximum absolute atomic E-state index is 14.2.